The number of nitrogens with one attached hydrogen (secondary N) is 2. The van der Waals surface area contributed by atoms with Crippen LogP contribution < -0.4 is 10.6 Å². The average Bonchev–Trinajstić information content (AvgIpc) is 3.05. The predicted molar refractivity (Wildman–Crippen MR) is 85.4 cm³/mol. The minimum absolute atomic E-state index is 0.103. The minimum Gasteiger partial charge on any atom is -0.356 e. The third kappa shape index (κ3) is 4.40. The number of aromatic nitrogens is 1. The van der Waals surface area contributed by atoms with E-state index in [1.54, 1.807) is 22.7 Å². The van der Waals surface area contributed by atoms with Crippen molar-refractivity contribution in [2.24, 2.45) is 0 Å². The molecule has 0 aromatic carbocycles. The maximum Gasteiger partial charge on any atom is 0.221 e. The third-order valence-electron chi connectivity index (χ3n) is 2.83. The SMILES string of the molecule is CNCCC(=O)NCCc1ccc(-c2csc(C)n2)s1. The van der Waals surface area contributed by atoms with Crippen LogP contribution in [0.2, 0.25) is 0 Å². The Bertz CT molecular complexity index is 562. The van der Waals surface area contributed by atoms with Crippen LogP contribution in [0.3, 0.4) is 0 Å². The standard InChI is InChI=1S/C14H19N3OS2/c1-10-17-12(9-19-10)13-4-3-11(20-13)5-8-16-14(18)6-7-15-2/h3-4,9,15H,5-8H2,1-2H3,(H,16,18). The van der Waals surface area contributed by atoms with Gasteiger partial charge < -0.3 is 10.6 Å². The highest BCUT2D eigenvalue weighted by molar-refractivity contribution is 7.16. The normalized spacial score (nSPS) is 10.7. The Morgan fingerprint density at radius 2 is 2.20 bits per heavy atom. The molecule has 0 unspecified atom stereocenters. The third-order valence-corrected chi connectivity index (χ3v) is 4.77. The summed E-state index contributed by atoms with van der Waals surface area (Å²) in [6.45, 7) is 3.43. The monoisotopic (exact) mass is 309 g/mol. The summed E-state index contributed by atoms with van der Waals surface area (Å²) in [6, 6.07) is 4.23. The van der Waals surface area contributed by atoms with E-state index in [1.165, 1.54) is 9.75 Å². The second-order valence-electron chi connectivity index (χ2n) is 4.47. The summed E-state index contributed by atoms with van der Waals surface area (Å²) >= 11 is 3.42. The molecule has 20 heavy (non-hydrogen) atoms. The van der Waals surface area contributed by atoms with Crippen LogP contribution in [-0.4, -0.2) is 31.0 Å². The van der Waals surface area contributed by atoms with E-state index in [0.29, 0.717) is 13.0 Å². The van der Waals surface area contributed by atoms with Crippen molar-refractivity contribution in [3.05, 3.63) is 27.4 Å². The first-order valence-corrected chi connectivity index (χ1v) is 8.31. The number of nitrogens with zero attached hydrogens (tertiary/aromatic N) is 1. The van der Waals surface area contributed by atoms with Crippen LogP contribution in [0.4, 0.5) is 0 Å². The van der Waals surface area contributed by atoms with E-state index >= 15 is 0 Å². The van der Waals surface area contributed by atoms with Crippen molar-refractivity contribution in [3.63, 3.8) is 0 Å². The van der Waals surface area contributed by atoms with Crippen LogP contribution in [0.15, 0.2) is 17.5 Å². The van der Waals surface area contributed by atoms with Gasteiger partial charge in [0, 0.05) is 29.8 Å². The molecule has 0 fully saturated rings. The molecule has 0 aliphatic rings. The van der Waals surface area contributed by atoms with Crippen LogP contribution >= 0.6 is 22.7 Å². The van der Waals surface area contributed by atoms with Crippen LogP contribution in [-0.2, 0) is 11.2 Å². The van der Waals surface area contributed by atoms with E-state index in [0.717, 1.165) is 23.7 Å². The predicted octanol–water partition coefficient (Wildman–Crippen LogP) is 2.45. The average molecular weight is 309 g/mol. The summed E-state index contributed by atoms with van der Waals surface area (Å²) in [7, 11) is 1.85. The lowest BCUT2D eigenvalue weighted by Crippen LogP contribution is -2.28. The maximum atomic E-state index is 11.5. The minimum atomic E-state index is 0.103. The zero-order valence-electron chi connectivity index (χ0n) is 11.7. The second-order valence-corrected chi connectivity index (χ2v) is 6.70. The molecule has 0 saturated carbocycles. The molecule has 2 aromatic rings. The molecule has 0 spiro atoms. The number of hydrogen-bond acceptors (Lipinski definition) is 5. The van der Waals surface area contributed by atoms with Gasteiger partial charge in [-0.25, -0.2) is 4.98 Å². The van der Waals surface area contributed by atoms with Crippen LogP contribution in [0, 0.1) is 6.92 Å². The number of hydrogen-bond donors (Lipinski definition) is 2. The van der Waals surface area contributed by atoms with Crippen molar-refractivity contribution in [3.8, 4) is 10.6 Å². The van der Waals surface area contributed by atoms with Gasteiger partial charge in [0.05, 0.1) is 15.6 Å². The van der Waals surface area contributed by atoms with E-state index in [9.17, 15) is 4.79 Å². The Balaban J connectivity index is 1.80. The topological polar surface area (TPSA) is 54.0 Å². The Labute approximate surface area is 127 Å². The lowest BCUT2D eigenvalue weighted by Gasteiger charge is -2.03. The van der Waals surface area contributed by atoms with Crippen LogP contribution in [0.1, 0.15) is 16.3 Å². The van der Waals surface area contributed by atoms with Crippen LogP contribution in [0.25, 0.3) is 10.6 Å². The molecular formula is C14H19N3OS2. The summed E-state index contributed by atoms with van der Waals surface area (Å²) in [5.41, 5.74) is 1.06. The molecule has 0 aliphatic heterocycles. The number of rotatable bonds is 7. The van der Waals surface area contributed by atoms with Gasteiger partial charge >= 0.3 is 0 Å². The fraction of sp³-hybridized carbons (Fsp3) is 0.429. The van der Waals surface area contributed by atoms with E-state index in [2.05, 4.69) is 33.1 Å². The van der Waals surface area contributed by atoms with Crippen LogP contribution in [0.5, 0.6) is 0 Å². The first kappa shape index (κ1) is 15.2. The molecule has 0 atom stereocenters. The summed E-state index contributed by atoms with van der Waals surface area (Å²) in [5, 5.41) is 9.08. The second kappa shape index (κ2) is 7.52. The zero-order chi connectivity index (χ0) is 14.4. The molecule has 2 rings (SSSR count). The molecular weight excluding hydrogens is 290 g/mol. The highest BCUT2D eigenvalue weighted by Gasteiger charge is 2.06. The number of thiazole rings is 1. The number of carbonyl (C=O) groups excluding carboxylic acids is 1. The van der Waals surface area contributed by atoms with Crippen molar-refractivity contribution >= 4 is 28.6 Å². The highest BCUT2D eigenvalue weighted by Crippen LogP contribution is 2.29. The quantitative estimate of drug-likeness (QED) is 0.826. The molecule has 2 aromatic heterocycles. The first-order chi connectivity index (χ1) is 9.69. The lowest BCUT2D eigenvalue weighted by atomic mass is 10.3. The van der Waals surface area contributed by atoms with Gasteiger partial charge in [0.1, 0.15) is 0 Å². The lowest BCUT2D eigenvalue weighted by molar-refractivity contribution is -0.120. The molecule has 108 valence electrons. The van der Waals surface area contributed by atoms with E-state index in [-0.39, 0.29) is 5.91 Å². The summed E-state index contributed by atoms with van der Waals surface area (Å²) < 4.78 is 0. The molecule has 0 aliphatic carbocycles. The summed E-state index contributed by atoms with van der Waals surface area (Å²) in [4.78, 5) is 18.4. The Morgan fingerprint density at radius 1 is 1.35 bits per heavy atom. The van der Waals surface area contributed by atoms with Gasteiger partial charge in [-0.05, 0) is 32.5 Å². The van der Waals surface area contributed by atoms with Gasteiger partial charge in [-0.2, -0.15) is 0 Å². The molecule has 0 radical (unpaired) electrons. The number of amides is 1. The first-order valence-electron chi connectivity index (χ1n) is 6.61. The van der Waals surface area contributed by atoms with Gasteiger partial charge in [0.2, 0.25) is 5.91 Å². The number of aryl methyl sites for hydroxylation is 1. The fourth-order valence-electron chi connectivity index (χ4n) is 1.78. The molecule has 2 heterocycles. The molecule has 6 heteroatoms. The summed E-state index contributed by atoms with van der Waals surface area (Å²) in [6.07, 6.45) is 1.41. The van der Waals surface area contributed by atoms with E-state index in [4.69, 9.17) is 0 Å². The molecule has 4 nitrogen and oxygen atoms in total. The maximum absolute atomic E-state index is 11.5. The van der Waals surface area contributed by atoms with Crippen molar-refractivity contribution < 1.29 is 4.79 Å². The van der Waals surface area contributed by atoms with E-state index in [1.807, 2.05) is 14.0 Å². The van der Waals surface area contributed by atoms with Crippen molar-refractivity contribution in [1.82, 2.24) is 15.6 Å². The molecule has 0 bridgehead atoms. The van der Waals surface area contributed by atoms with Gasteiger partial charge in [0.15, 0.2) is 0 Å². The Kier molecular flexibility index (Phi) is 5.70. The molecule has 1 amide bonds. The smallest absolute Gasteiger partial charge is 0.221 e. The van der Waals surface area contributed by atoms with Crippen molar-refractivity contribution in [1.29, 1.82) is 0 Å². The van der Waals surface area contributed by atoms with Crippen molar-refractivity contribution in [2.45, 2.75) is 19.8 Å². The van der Waals surface area contributed by atoms with Gasteiger partial charge in [-0.3, -0.25) is 4.79 Å². The van der Waals surface area contributed by atoms with Gasteiger partial charge in [-0.1, -0.05) is 0 Å². The Morgan fingerprint density at radius 3 is 2.90 bits per heavy atom. The fourth-order valence-corrected chi connectivity index (χ4v) is 3.43. The zero-order valence-corrected chi connectivity index (χ0v) is 13.4. The molecule has 2 N–H and O–H groups in total. The summed E-state index contributed by atoms with van der Waals surface area (Å²) in [5.74, 6) is 0.103. The number of carbonyl (C=O) groups is 1. The Hall–Kier alpha value is -1.24. The highest BCUT2D eigenvalue weighted by atomic mass is 32.1. The molecule has 0 saturated heterocycles. The van der Waals surface area contributed by atoms with E-state index < -0.39 is 0 Å². The number of thiophene rings is 1. The van der Waals surface area contributed by atoms with Crippen molar-refractivity contribution in [2.75, 3.05) is 20.1 Å². The largest absolute Gasteiger partial charge is 0.356 e. The van der Waals surface area contributed by atoms with Gasteiger partial charge in [-0.15, -0.1) is 22.7 Å². The van der Waals surface area contributed by atoms with Gasteiger partial charge in [0.25, 0.3) is 0 Å².